The molecular formula is C21H25FN4O2S. The number of rotatable bonds is 5. The van der Waals surface area contributed by atoms with Crippen LogP contribution in [0.1, 0.15) is 26.2 Å². The number of hydrogen-bond acceptors (Lipinski definition) is 5. The molecule has 3 aliphatic heterocycles. The molecule has 3 aliphatic rings. The second-order valence-corrected chi connectivity index (χ2v) is 9.16. The minimum absolute atomic E-state index is 0.0616. The summed E-state index contributed by atoms with van der Waals surface area (Å²) in [5.74, 6) is -0.574. The summed E-state index contributed by atoms with van der Waals surface area (Å²) in [6.07, 6.45) is 9.24. The molecule has 0 saturated carbocycles. The monoisotopic (exact) mass is 416 g/mol. The predicted octanol–water partition coefficient (Wildman–Crippen LogP) is 2.99. The number of allylic oxidation sites excluding steroid dienone is 4. The van der Waals surface area contributed by atoms with Gasteiger partial charge in [0.1, 0.15) is 5.82 Å². The maximum atomic E-state index is 13.7. The Labute approximate surface area is 171 Å². The van der Waals surface area contributed by atoms with Gasteiger partial charge in [0.15, 0.2) is 0 Å². The van der Waals surface area contributed by atoms with Crippen molar-refractivity contribution in [2.45, 2.75) is 37.1 Å². The Morgan fingerprint density at radius 2 is 2.07 bits per heavy atom. The summed E-state index contributed by atoms with van der Waals surface area (Å²) in [5, 5.41) is 3.48. The zero-order chi connectivity index (χ0) is 20.4. The summed E-state index contributed by atoms with van der Waals surface area (Å²) < 4.78 is 41.6. The fourth-order valence-electron chi connectivity index (χ4n) is 3.98. The summed E-state index contributed by atoms with van der Waals surface area (Å²) in [7, 11) is -3.92. The number of benzene rings is 1. The number of hydrogen-bond donors (Lipinski definition) is 1. The van der Waals surface area contributed by atoms with Gasteiger partial charge < -0.3 is 10.2 Å². The summed E-state index contributed by atoms with van der Waals surface area (Å²) in [6.45, 7) is 4.71. The van der Waals surface area contributed by atoms with Gasteiger partial charge in [-0.25, -0.2) is 17.1 Å². The van der Waals surface area contributed by atoms with E-state index in [2.05, 4.69) is 22.1 Å². The molecule has 0 aromatic heterocycles. The maximum Gasteiger partial charge on any atom is 0.268 e. The quantitative estimate of drug-likeness (QED) is 0.802. The van der Waals surface area contributed by atoms with Gasteiger partial charge in [-0.3, -0.25) is 4.99 Å². The third-order valence-corrected chi connectivity index (χ3v) is 7.16. The Bertz CT molecular complexity index is 1010. The highest BCUT2D eigenvalue weighted by molar-refractivity contribution is 7.89. The summed E-state index contributed by atoms with van der Waals surface area (Å²) in [4.78, 5) is 6.68. The lowest BCUT2D eigenvalue weighted by molar-refractivity contribution is 0.249. The van der Waals surface area contributed by atoms with E-state index in [0.29, 0.717) is 18.2 Å². The van der Waals surface area contributed by atoms with Crippen molar-refractivity contribution in [3.63, 3.8) is 0 Å². The number of aliphatic imine (C=N–C) groups is 1. The van der Waals surface area contributed by atoms with E-state index in [4.69, 9.17) is 0 Å². The molecule has 1 aromatic carbocycles. The standard InChI is InChI=1S/C21H25FN4O2S/c1-2-23-17-8-11-25(12-9-17)21-15-26(18-6-4-10-24-20(21)14-18)29(27,28)19-7-3-5-16(22)13-19/h3-7,10,13,15,17,23H,2,8-9,11-12,14H2,1H3. The second kappa shape index (κ2) is 8.12. The van der Waals surface area contributed by atoms with Gasteiger partial charge in [-0.15, -0.1) is 0 Å². The molecule has 0 unspecified atom stereocenters. The minimum atomic E-state index is -3.92. The average molecular weight is 417 g/mol. The van der Waals surface area contributed by atoms with Crippen molar-refractivity contribution in [2.24, 2.45) is 4.99 Å². The van der Waals surface area contributed by atoms with Crippen molar-refractivity contribution in [2.75, 3.05) is 19.6 Å². The zero-order valence-electron chi connectivity index (χ0n) is 16.4. The van der Waals surface area contributed by atoms with Gasteiger partial charge in [0.2, 0.25) is 0 Å². The molecule has 1 N–H and O–H groups in total. The molecule has 1 saturated heterocycles. The highest BCUT2D eigenvalue weighted by Crippen LogP contribution is 2.32. The van der Waals surface area contributed by atoms with Crippen molar-refractivity contribution in [1.82, 2.24) is 14.5 Å². The fraction of sp³-hybridized carbons (Fsp3) is 0.381. The van der Waals surface area contributed by atoms with Crippen LogP contribution in [0.3, 0.4) is 0 Å². The van der Waals surface area contributed by atoms with E-state index in [0.717, 1.165) is 50.0 Å². The molecule has 1 aromatic rings. The molecular weight excluding hydrogens is 391 g/mol. The Kier molecular flexibility index (Phi) is 5.56. The van der Waals surface area contributed by atoms with Crippen LogP contribution in [0.15, 0.2) is 70.1 Å². The summed E-state index contributed by atoms with van der Waals surface area (Å²) in [5.41, 5.74) is 2.29. The molecule has 1 fully saturated rings. The van der Waals surface area contributed by atoms with Crippen molar-refractivity contribution >= 4 is 15.7 Å². The maximum absolute atomic E-state index is 13.7. The minimum Gasteiger partial charge on any atom is -0.369 e. The van der Waals surface area contributed by atoms with Crippen LogP contribution in [0.2, 0.25) is 0 Å². The molecule has 3 heterocycles. The number of fused-ring (bicyclic) bond motifs is 2. The average Bonchev–Trinajstić information content (AvgIpc) is 2.91. The first-order valence-corrected chi connectivity index (χ1v) is 11.4. The predicted molar refractivity (Wildman–Crippen MR) is 111 cm³/mol. The van der Waals surface area contributed by atoms with E-state index < -0.39 is 15.8 Å². The molecule has 0 spiro atoms. The van der Waals surface area contributed by atoms with E-state index in [-0.39, 0.29) is 4.90 Å². The van der Waals surface area contributed by atoms with E-state index >= 15 is 0 Å². The van der Waals surface area contributed by atoms with Crippen LogP contribution >= 0.6 is 0 Å². The first-order chi connectivity index (χ1) is 14.0. The third-order valence-electron chi connectivity index (χ3n) is 5.45. The van der Waals surface area contributed by atoms with E-state index in [1.165, 1.54) is 22.5 Å². The number of nitrogens with one attached hydrogen (secondary N) is 1. The van der Waals surface area contributed by atoms with Crippen LogP contribution in [-0.2, 0) is 10.0 Å². The Morgan fingerprint density at radius 3 is 2.79 bits per heavy atom. The molecule has 0 atom stereocenters. The highest BCUT2D eigenvalue weighted by Gasteiger charge is 2.34. The number of halogens is 1. The lowest BCUT2D eigenvalue weighted by Gasteiger charge is -2.39. The zero-order valence-corrected chi connectivity index (χ0v) is 17.2. The Morgan fingerprint density at radius 1 is 1.28 bits per heavy atom. The van der Waals surface area contributed by atoms with Crippen LogP contribution < -0.4 is 5.32 Å². The smallest absolute Gasteiger partial charge is 0.268 e. The molecule has 154 valence electrons. The number of nitrogens with zero attached hydrogens (tertiary/aromatic N) is 3. The largest absolute Gasteiger partial charge is 0.369 e. The molecule has 4 rings (SSSR count). The van der Waals surface area contributed by atoms with Crippen LogP contribution in [0.5, 0.6) is 0 Å². The number of sulfonamides is 1. The number of likely N-dealkylation sites (tertiary alicyclic amines) is 1. The Hall–Kier alpha value is -2.45. The molecule has 2 bridgehead atoms. The van der Waals surface area contributed by atoms with Gasteiger partial charge in [0.25, 0.3) is 10.0 Å². The van der Waals surface area contributed by atoms with Gasteiger partial charge in [-0.1, -0.05) is 13.0 Å². The van der Waals surface area contributed by atoms with E-state index in [1.54, 1.807) is 24.6 Å². The van der Waals surface area contributed by atoms with Gasteiger partial charge in [-0.05, 0) is 49.7 Å². The highest BCUT2D eigenvalue weighted by atomic mass is 32.2. The molecule has 8 heteroatoms. The summed E-state index contributed by atoms with van der Waals surface area (Å²) in [6, 6.07) is 5.62. The van der Waals surface area contributed by atoms with Crippen LogP contribution in [0.4, 0.5) is 4.39 Å². The van der Waals surface area contributed by atoms with Gasteiger partial charge >= 0.3 is 0 Å². The lowest BCUT2D eigenvalue weighted by atomic mass is 10.0. The topological polar surface area (TPSA) is 65.0 Å². The fourth-order valence-corrected chi connectivity index (χ4v) is 5.39. The van der Waals surface area contributed by atoms with Crippen molar-refractivity contribution in [3.8, 4) is 0 Å². The van der Waals surface area contributed by atoms with Crippen LogP contribution in [0, 0.1) is 5.82 Å². The molecule has 0 amide bonds. The summed E-state index contributed by atoms with van der Waals surface area (Å²) >= 11 is 0. The first kappa shape index (κ1) is 19.8. The van der Waals surface area contributed by atoms with Gasteiger partial charge in [0, 0.05) is 43.6 Å². The second-order valence-electron chi connectivity index (χ2n) is 7.34. The van der Waals surface area contributed by atoms with Gasteiger partial charge in [0.05, 0.1) is 16.3 Å². The van der Waals surface area contributed by atoms with Gasteiger partial charge in [-0.2, -0.15) is 0 Å². The molecule has 29 heavy (non-hydrogen) atoms. The molecule has 6 nitrogen and oxygen atoms in total. The normalized spacial score (nSPS) is 20.1. The van der Waals surface area contributed by atoms with Crippen LogP contribution in [0.25, 0.3) is 0 Å². The Balaban J connectivity index is 1.70. The third kappa shape index (κ3) is 4.00. The number of piperidine rings is 1. The SMILES string of the molecule is CCNC1CCN(C2=CN(S(=O)(=O)c3cccc(F)c3)C3=CC=CN=C2C3)CC1. The van der Waals surface area contributed by atoms with Crippen molar-refractivity contribution in [1.29, 1.82) is 0 Å². The lowest BCUT2D eigenvalue weighted by Crippen LogP contribution is -2.45. The molecule has 0 radical (unpaired) electrons. The van der Waals surface area contributed by atoms with Crippen molar-refractivity contribution in [3.05, 3.63) is 66.0 Å². The van der Waals surface area contributed by atoms with Crippen LogP contribution in [-0.4, -0.2) is 49.0 Å². The van der Waals surface area contributed by atoms with E-state index in [1.807, 2.05) is 0 Å². The molecule has 0 aliphatic carbocycles. The van der Waals surface area contributed by atoms with E-state index in [9.17, 15) is 12.8 Å². The first-order valence-electron chi connectivity index (χ1n) is 9.92. The van der Waals surface area contributed by atoms with Crippen molar-refractivity contribution < 1.29 is 12.8 Å².